The van der Waals surface area contributed by atoms with Gasteiger partial charge in [-0.2, -0.15) is 0 Å². The second-order valence-corrected chi connectivity index (χ2v) is 8.07. The summed E-state index contributed by atoms with van der Waals surface area (Å²) in [6, 6.07) is 5.48. The molecular weight excluding hydrogens is 288 g/mol. The summed E-state index contributed by atoms with van der Waals surface area (Å²) in [6.45, 7) is 0. The Morgan fingerprint density at radius 3 is 1.53 bits per heavy atom. The van der Waals surface area contributed by atoms with Crippen molar-refractivity contribution in [3.63, 3.8) is 0 Å². The molecule has 0 aliphatic rings. The molecule has 8 heteroatoms. The Morgan fingerprint density at radius 2 is 1.21 bits per heavy atom. The largest absolute Gasteiger partial charge is 0.263 e. The third kappa shape index (κ3) is 3.15. The molecule has 0 aliphatic heterocycles. The molecule has 0 saturated heterocycles. The molecule has 19 heavy (non-hydrogen) atoms. The molecule has 2 aromatic heterocycles. The summed E-state index contributed by atoms with van der Waals surface area (Å²) in [5.74, 6) is 0. The summed E-state index contributed by atoms with van der Waals surface area (Å²) in [5.41, 5.74) is 0. The monoisotopic (exact) mass is 298 g/mol. The number of sulfone groups is 2. The maximum Gasteiger partial charge on any atom is 0.194 e. The molecule has 2 rings (SSSR count). The van der Waals surface area contributed by atoms with Crippen molar-refractivity contribution < 1.29 is 16.8 Å². The number of rotatable bonds is 4. The summed E-state index contributed by atoms with van der Waals surface area (Å²) < 4.78 is 47.9. The topological polar surface area (TPSA) is 94.1 Å². The van der Waals surface area contributed by atoms with Gasteiger partial charge in [0.15, 0.2) is 24.8 Å². The first-order chi connectivity index (χ1) is 8.92. The third-order valence-electron chi connectivity index (χ3n) is 2.30. The van der Waals surface area contributed by atoms with Crippen molar-refractivity contribution in [1.82, 2.24) is 9.97 Å². The van der Waals surface area contributed by atoms with Gasteiger partial charge in [-0.25, -0.2) is 16.8 Å². The second kappa shape index (κ2) is 5.06. The van der Waals surface area contributed by atoms with Crippen LogP contribution in [0.2, 0.25) is 0 Å². The number of pyridine rings is 2. The zero-order chi connectivity index (χ0) is 13.9. The summed E-state index contributed by atoms with van der Waals surface area (Å²) in [6.07, 6.45) is 5.06. The highest BCUT2D eigenvalue weighted by Gasteiger charge is 2.26. The summed E-state index contributed by atoms with van der Waals surface area (Å²) in [4.78, 5) is 7.09. The fourth-order valence-electron chi connectivity index (χ4n) is 1.40. The van der Waals surface area contributed by atoms with E-state index in [2.05, 4.69) is 9.97 Å². The lowest BCUT2D eigenvalue weighted by atomic mass is 10.5. The zero-order valence-corrected chi connectivity index (χ0v) is 11.3. The fourth-order valence-corrected chi connectivity index (χ4v) is 5.14. The Morgan fingerprint density at radius 1 is 0.789 bits per heavy atom. The van der Waals surface area contributed by atoms with Crippen LogP contribution in [0, 0.1) is 0 Å². The third-order valence-corrected chi connectivity index (χ3v) is 6.70. The maximum atomic E-state index is 12.0. The van der Waals surface area contributed by atoms with Crippen LogP contribution in [0.15, 0.2) is 58.8 Å². The summed E-state index contributed by atoms with van der Waals surface area (Å²) >= 11 is 0. The van der Waals surface area contributed by atoms with E-state index in [1.807, 2.05) is 0 Å². The molecule has 0 amide bonds. The van der Waals surface area contributed by atoms with Crippen molar-refractivity contribution in [2.75, 3.05) is 5.08 Å². The number of hydrogen-bond donors (Lipinski definition) is 0. The van der Waals surface area contributed by atoms with E-state index in [1.165, 1.54) is 36.7 Å². The Hall–Kier alpha value is -1.80. The maximum absolute atomic E-state index is 12.0. The van der Waals surface area contributed by atoms with Crippen LogP contribution in [-0.4, -0.2) is 31.9 Å². The minimum atomic E-state index is -3.94. The molecule has 6 nitrogen and oxygen atoms in total. The lowest BCUT2D eigenvalue weighted by molar-refractivity contribution is 0.588. The van der Waals surface area contributed by atoms with Gasteiger partial charge in [0.25, 0.3) is 0 Å². The zero-order valence-electron chi connectivity index (χ0n) is 9.67. The number of aromatic nitrogens is 2. The first-order valence-electron chi connectivity index (χ1n) is 5.17. The van der Waals surface area contributed by atoms with Crippen LogP contribution >= 0.6 is 0 Å². The minimum absolute atomic E-state index is 0.123. The summed E-state index contributed by atoms with van der Waals surface area (Å²) in [7, 11) is -7.89. The molecule has 0 fully saturated rings. The van der Waals surface area contributed by atoms with Crippen molar-refractivity contribution in [3.05, 3.63) is 49.1 Å². The van der Waals surface area contributed by atoms with Crippen molar-refractivity contribution in [3.8, 4) is 0 Å². The minimum Gasteiger partial charge on any atom is -0.263 e. The summed E-state index contributed by atoms with van der Waals surface area (Å²) in [5, 5.41) is -1.00. The lowest BCUT2D eigenvalue weighted by Gasteiger charge is -2.05. The highest BCUT2D eigenvalue weighted by atomic mass is 32.3. The van der Waals surface area contributed by atoms with Crippen LogP contribution < -0.4 is 0 Å². The van der Waals surface area contributed by atoms with Gasteiger partial charge in [0.2, 0.25) is 0 Å². The molecule has 2 aromatic rings. The van der Waals surface area contributed by atoms with Crippen molar-refractivity contribution in [2.45, 2.75) is 9.79 Å². The van der Waals surface area contributed by atoms with E-state index in [0.29, 0.717) is 0 Å². The van der Waals surface area contributed by atoms with Gasteiger partial charge in [-0.05, 0) is 24.3 Å². The lowest BCUT2D eigenvalue weighted by Crippen LogP contribution is -2.17. The van der Waals surface area contributed by atoms with Gasteiger partial charge in [-0.3, -0.25) is 9.97 Å². The average molecular weight is 298 g/mol. The molecule has 0 N–H and O–H groups in total. The Labute approximate surface area is 111 Å². The predicted octanol–water partition coefficient (Wildman–Crippen LogP) is 0.682. The quantitative estimate of drug-likeness (QED) is 0.824. The SMILES string of the molecule is O=S(=O)(CS(=O)(=O)c1cccnc1)c1cccnc1. The molecule has 2 heterocycles. The van der Waals surface area contributed by atoms with Gasteiger partial charge in [-0.1, -0.05) is 0 Å². The van der Waals surface area contributed by atoms with Gasteiger partial charge in [0.1, 0.15) is 0 Å². The molecule has 0 unspecified atom stereocenters. The van der Waals surface area contributed by atoms with Crippen LogP contribution in [0.3, 0.4) is 0 Å². The van der Waals surface area contributed by atoms with Crippen LogP contribution in [-0.2, 0) is 19.7 Å². The van der Waals surface area contributed by atoms with E-state index in [1.54, 1.807) is 0 Å². The van der Waals surface area contributed by atoms with E-state index in [0.717, 1.165) is 12.4 Å². The number of nitrogens with zero attached hydrogens (tertiary/aromatic N) is 2. The fraction of sp³-hybridized carbons (Fsp3) is 0.0909. The molecule has 100 valence electrons. The Balaban J connectivity index is 2.37. The Kier molecular flexibility index (Phi) is 3.63. The normalized spacial score (nSPS) is 12.2. The van der Waals surface area contributed by atoms with Gasteiger partial charge in [0.05, 0.1) is 9.79 Å². The first-order valence-corrected chi connectivity index (χ1v) is 8.48. The molecule has 0 bridgehead atoms. The standard InChI is InChI=1S/C11H10N2O4S2/c14-18(15,10-3-1-5-12-7-10)9-19(16,17)11-4-2-6-13-8-11/h1-8H,9H2. The second-order valence-electron chi connectivity index (χ2n) is 3.72. The van der Waals surface area contributed by atoms with Gasteiger partial charge < -0.3 is 0 Å². The molecule has 0 spiro atoms. The van der Waals surface area contributed by atoms with Crippen LogP contribution in [0.1, 0.15) is 0 Å². The van der Waals surface area contributed by atoms with Gasteiger partial charge in [-0.15, -0.1) is 0 Å². The average Bonchev–Trinajstić information content (AvgIpc) is 2.40. The van der Waals surface area contributed by atoms with Crippen LogP contribution in [0.4, 0.5) is 0 Å². The smallest absolute Gasteiger partial charge is 0.194 e. The van der Waals surface area contributed by atoms with E-state index in [4.69, 9.17) is 0 Å². The molecule has 0 aromatic carbocycles. The molecule has 0 radical (unpaired) electrons. The molecule has 0 atom stereocenters. The predicted molar refractivity (Wildman–Crippen MR) is 67.7 cm³/mol. The molecule has 0 aliphatic carbocycles. The van der Waals surface area contributed by atoms with E-state index in [9.17, 15) is 16.8 Å². The Bertz CT molecular complexity index is 689. The first kappa shape index (κ1) is 13.6. The van der Waals surface area contributed by atoms with Crippen molar-refractivity contribution >= 4 is 19.7 Å². The van der Waals surface area contributed by atoms with Crippen LogP contribution in [0.25, 0.3) is 0 Å². The molecule has 0 saturated carbocycles. The highest BCUT2D eigenvalue weighted by molar-refractivity contribution is 8.08. The molecular formula is C11H10N2O4S2. The van der Waals surface area contributed by atoms with Gasteiger partial charge in [0, 0.05) is 24.8 Å². The van der Waals surface area contributed by atoms with Crippen molar-refractivity contribution in [1.29, 1.82) is 0 Å². The number of hydrogen-bond acceptors (Lipinski definition) is 6. The highest BCUT2D eigenvalue weighted by Crippen LogP contribution is 2.16. The van der Waals surface area contributed by atoms with E-state index < -0.39 is 24.8 Å². The van der Waals surface area contributed by atoms with E-state index >= 15 is 0 Å². The van der Waals surface area contributed by atoms with Crippen LogP contribution in [0.5, 0.6) is 0 Å². The van der Waals surface area contributed by atoms with Crippen molar-refractivity contribution in [2.24, 2.45) is 0 Å². The van der Waals surface area contributed by atoms with Gasteiger partial charge >= 0.3 is 0 Å². The van der Waals surface area contributed by atoms with E-state index in [-0.39, 0.29) is 9.79 Å².